The van der Waals surface area contributed by atoms with Gasteiger partial charge in [-0.3, -0.25) is 10.1 Å². The van der Waals surface area contributed by atoms with Crippen LogP contribution in [-0.2, 0) is 0 Å². The molecule has 1 unspecified atom stereocenters. The van der Waals surface area contributed by atoms with Crippen LogP contribution in [0.5, 0.6) is 0 Å². The minimum atomic E-state index is -0.799. The fourth-order valence-electron chi connectivity index (χ4n) is 2.65. The zero-order chi connectivity index (χ0) is 14.7. The molecule has 0 aliphatic carbocycles. The highest BCUT2D eigenvalue weighted by atomic mass is 19.1. The molecule has 2 rings (SSSR count). The van der Waals surface area contributed by atoms with Crippen molar-refractivity contribution in [1.29, 1.82) is 0 Å². The van der Waals surface area contributed by atoms with Gasteiger partial charge in [-0.1, -0.05) is 0 Å². The molecule has 6 heteroatoms. The van der Waals surface area contributed by atoms with Gasteiger partial charge < -0.3 is 10.2 Å². The lowest BCUT2D eigenvalue weighted by Crippen LogP contribution is -2.37. The number of nitrogens with one attached hydrogen (secondary N) is 1. The normalized spacial score (nSPS) is 18.8. The standard InChI is InChI=1S/C14H20FN3O2/c1-10(11-5-7-17(2)8-6-11)16-12-3-4-13(15)14(9-12)18(19)20/h3-4,9-11,16H,5-8H2,1-2H3. The Morgan fingerprint density at radius 1 is 1.45 bits per heavy atom. The van der Waals surface area contributed by atoms with Crippen LogP contribution in [0.3, 0.4) is 0 Å². The van der Waals surface area contributed by atoms with Crippen molar-refractivity contribution in [2.45, 2.75) is 25.8 Å². The van der Waals surface area contributed by atoms with E-state index in [1.165, 1.54) is 6.07 Å². The van der Waals surface area contributed by atoms with E-state index < -0.39 is 16.4 Å². The third-order valence-electron chi connectivity index (χ3n) is 4.01. The Kier molecular flexibility index (Phi) is 4.54. The van der Waals surface area contributed by atoms with Crippen molar-refractivity contribution < 1.29 is 9.31 Å². The Balaban J connectivity index is 2.02. The number of anilines is 1. The predicted octanol–water partition coefficient (Wildman–Crippen LogP) is 2.88. The second kappa shape index (κ2) is 6.17. The van der Waals surface area contributed by atoms with Crippen LogP contribution in [0.4, 0.5) is 15.8 Å². The summed E-state index contributed by atoms with van der Waals surface area (Å²) >= 11 is 0. The highest BCUT2D eigenvalue weighted by Crippen LogP contribution is 2.26. The number of rotatable bonds is 4. The molecule has 0 radical (unpaired) electrons. The zero-order valence-corrected chi connectivity index (χ0v) is 11.8. The summed E-state index contributed by atoms with van der Waals surface area (Å²) in [6.07, 6.45) is 2.21. The Bertz CT molecular complexity index is 487. The molecule has 1 fully saturated rings. The molecular weight excluding hydrogens is 261 g/mol. The number of nitro benzene ring substituents is 1. The molecule has 1 aliphatic rings. The monoisotopic (exact) mass is 281 g/mol. The van der Waals surface area contributed by atoms with Crippen LogP contribution in [-0.4, -0.2) is 36.0 Å². The van der Waals surface area contributed by atoms with Gasteiger partial charge in [0.05, 0.1) is 4.92 Å². The van der Waals surface area contributed by atoms with Crippen LogP contribution in [0.25, 0.3) is 0 Å². The van der Waals surface area contributed by atoms with Gasteiger partial charge in [-0.15, -0.1) is 0 Å². The van der Waals surface area contributed by atoms with Crippen molar-refractivity contribution in [3.63, 3.8) is 0 Å². The van der Waals surface area contributed by atoms with Gasteiger partial charge in [-0.25, -0.2) is 0 Å². The lowest BCUT2D eigenvalue weighted by atomic mass is 9.90. The predicted molar refractivity (Wildman–Crippen MR) is 76.4 cm³/mol. The number of piperidine rings is 1. The van der Waals surface area contributed by atoms with Crippen molar-refractivity contribution in [1.82, 2.24) is 4.90 Å². The maximum absolute atomic E-state index is 13.3. The SMILES string of the molecule is CC(Nc1ccc(F)c([N+](=O)[O-])c1)C1CCN(C)CC1. The first-order valence-electron chi connectivity index (χ1n) is 6.86. The van der Waals surface area contributed by atoms with Crippen molar-refractivity contribution in [2.75, 3.05) is 25.5 Å². The summed E-state index contributed by atoms with van der Waals surface area (Å²) in [5.74, 6) is -0.261. The minimum Gasteiger partial charge on any atom is -0.382 e. The molecule has 110 valence electrons. The van der Waals surface area contributed by atoms with Gasteiger partial charge in [0.25, 0.3) is 0 Å². The van der Waals surface area contributed by atoms with Crippen LogP contribution in [0.1, 0.15) is 19.8 Å². The van der Waals surface area contributed by atoms with Gasteiger partial charge >= 0.3 is 5.69 Å². The van der Waals surface area contributed by atoms with Crippen LogP contribution in [0.15, 0.2) is 18.2 Å². The van der Waals surface area contributed by atoms with E-state index in [0.29, 0.717) is 11.6 Å². The van der Waals surface area contributed by atoms with Crippen molar-refractivity contribution >= 4 is 11.4 Å². The molecule has 20 heavy (non-hydrogen) atoms. The number of nitro groups is 1. The summed E-state index contributed by atoms with van der Waals surface area (Å²) in [7, 11) is 2.11. The molecule has 1 aromatic rings. The lowest BCUT2D eigenvalue weighted by Gasteiger charge is -2.33. The molecule has 0 spiro atoms. The number of nitrogens with zero attached hydrogens (tertiary/aromatic N) is 2. The highest BCUT2D eigenvalue weighted by molar-refractivity contribution is 5.52. The second-order valence-corrected chi connectivity index (χ2v) is 5.50. The summed E-state index contributed by atoms with van der Waals surface area (Å²) < 4.78 is 13.3. The number of likely N-dealkylation sites (tertiary alicyclic amines) is 1. The topological polar surface area (TPSA) is 58.4 Å². The minimum absolute atomic E-state index is 0.216. The van der Waals surface area contributed by atoms with E-state index in [2.05, 4.69) is 24.2 Å². The second-order valence-electron chi connectivity index (χ2n) is 5.50. The Morgan fingerprint density at radius 2 is 2.10 bits per heavy atom. The van der Waals surface area contributed by atoms with E-state index in [1.807, 2.05) is 0 Å². The van der Waals surface area contributed by atoms with Gasteiger partial charge in [0, 0.05) is 17.8 Å². The smallest absolute Gasteiger partial charge is 0.306 e. The molecule has 1 aliphatic heterocycles. The summed E-state index contributed by atoms with van der Waals surface area (Å²) in [4.78, 5) is 12.3. The molecule has 5 nitrogen and oxygen atoms in total. The maximum atomic E-state index is 13.3. The molecule has 1 N–H and O–H groups in total. The van der Waals surface area contributed by atoms with Crippen molar-refractivity contribution in [2.24, 2.45) is 5.92 Å². The van der Waals surface area contributed by atoms with Gasteiger partial charge in [0.2, 0.25) is 5.82 Å². The first-order chi connectivity index (χ1) is 9.47. The molecule has 0 bridgehead atoms. The van der Waals surface area contributed by atoms with E-state index in [9.17, 15) is 14.5 Å². The highest BCUT2D eigenvalue weighted by Gasteiger charge is 2.23. The Hall–Kier alpha value is -1.69. The first kappa shape index (κ1) is 14.7. The Morgan fingerprint density at radius 3 is 2.70 bits per heavy atom. The van der Waals surface area contributed by atoms with E-state index in [1.54, 1.807) is 6.07 Å². The van der Waals surface area contributed by atoms with E-state index >= 15 is 0 Å². The average molecular weight is 281 g/mol. The molecule has 0 aromatic heterocycles. The summed E-state index contributed by atoms with van der Waals surface area (Å²) in [6, 6.07) is 4.17. The van der Waals surface area contributed by atoms with Crippen molar-refractivity contribution in [3.8, 4) is 0 Å². The number of halogens is 1. The third-order valence-corrected chi connectivity index (χ3v) is 4.01. The number of hydrogen-bond donors (Lipinski definition) is 1. The van der Waals surface area contributed by atoms with E-state index in [0.717, 1.165) is 32.0 Å². The summed E-state index contributed by atoms with van der Waals surface area (Å²) in [5.41, 5.74) is 0.120. The maximum Gasteiger partial charge on any atom is 0.306 e. The summed E-state index contributed by atoms with van der Waals surface area (Å²) in [5, 5.41) is 14.0. The van der Waals surface area contributed by atoms with Gasteiger partial charge in [-0.2, -0.15) is 4.39 Å². The van der Waals surface area contributed by atoms with Crippen molar-refractivity contribution in [3.05, 3.63) is 34.1 Å². The molecule has 1 aromatic carbocycles. The van der Waals surface area contributed by atoms with E-state index in [-0.39, 0.29) is 6.04 Å². The van der Waals surface area contributed by atoms with E-state index in [4.69, 9.17) is 0 Å². The quantitative estimate of drug-likeness (QED) is 0.681. The van der Waals surface area contributed by atoms with Crippen LogP contribution in [0, 0.1) is 21.8 Å². The van der Waals surface area contributed by atoms with Crippen LogP contribution in [0.2, 0.25) is 0 Å². The molecule has 0 amide bonds. The molecule has 1 heterocycles. The average Bonchev–Trinajstić information content (AvgIpc) is 2.41. The fourth-order valence-corrected chi connectivity index (χ4v) is 2.65. The van der Waals surface area contributed by atoms with Gasteiger partial charge in [0.15, 0.2) is 0 Å². The molecule has 1 saturated heterocycles. The zero-order valence-electron chi connectivity index (χ0n) is 11.8. The lowest BCUT2D eigenvalue weighted by molar-refractivity contribution is -0.387. The number of hydrogen-bond acceptors (Lipinski definition) is 4. The van der Waals surface area contributed by atoms with Gasteiger partial charge in [-0.05, 0) is 58.0 Å². The summed E-state index contributed by atoms with van der Waals surface area (Å²) in [6.45, 7) is 4.21. The van der Waals surface area contributed by atoms with Crippen LogP contribution < -0.4 is 5.32 Å². The largest absolute Gasteiger partial charge is 0.382 e. The fraction of sp³-hybridized carbons (Fsp3) is 0.571. The van der Waals surface area contributed by atoms with Gasteiger partial charge in [0.1, 0.15) is 0 Å². The third kappa shape index (κ3) is 3.45. The van der Waals surface area contributed by atoms with Crippen LogP contribution >= 0.6 is 0 Å². The molecule has 0 saturated carbocycles. The Labute approximate surface area is 117 Å². The number of benzene rings is 1. The molecular formula is C14H20FN3O2. The molecule has 1 atom stereocenters. The first-order valence-corrected chi connectivity index (χ1v) is 6.86.